The lowest BCUT2D eigenvalue weighted by atomic mass is 10.1. The maximum absolute atomic E-state index is 12.2. The van der Waals surface area contributed by atoms with Gasteiger partial charge in [0.05, 0.1) is 11.9 Å². The second-order valence-corrected chi connectivity index (χ2v) is 6.31. The van der Waals surface area contributed by atoms with E-state index in [-0.39, 0.29) is 11.4 Å². The van der Waals surface area contributed by atoms with Gasteiger partial charge in [-0.15, -0.1) is 0 Å². The number of hydrogen-bond donors (Lipinski definition) is 2. The molecule has 0 radical (unpaired) electrons. The number of nitrogens with one attached hydrogen (secondary N) is 2. The van der Waals surface area contributed by atoms with Crippen molar-refractivity contribution in [1.29, 1.82) is 0 Å². The van der Waals surface area contributed by atoms with Crippen LogP contribution in [-0.4, -0.2) is 16.4 Å². The van der Waals surface area contributed by atoms with Crippen LogP contribution in [0.25, 0.3) is 0 Å². The molecule has 1 heterocycles. The zero-order valence-electron chi connectivity index (χ0n) is 13.6. The number of carbonyl (C=O) groups is 1. The molecule has 2 rings (SSSR count). The molecular formula is C18H23N3O. The summed E-state index contributed by atoms with van der Waals surface area (Å²) < 4.78 is 0. The summed E-state index contributed by atoms with van der Waals surface area (Å²) in [4.78, 5) is 16.4. The molecule has 2 aromatic rings. The van der Waals surface area contributed by atoms with Gasteiger partial charge in [-0.1, -0.05) is 19.1 Å². The van der Waals surface area contributed by atoms with Crippen molar-refractivity contribution in [1.82, 2.24) is 4.98 Å². The molecule has 4 nitrogen and oxygen atoms in total. The van der Waals surface area contributed by atoms with Gasteiger partial charge < -0.3 is 10.6 Å². The molecule has 116 valence electrons. The molecule has 1 aromatic heterocycles. The number of pyridine rings is 1. The first-order chi connectivity index (χ1) is 10.4. The van der Waals surface area contributed by atoms with Crippen LogP contribution < -0.4 is 10.6 Å². The lowest BCUT2D eigenvalue weighted by molar-refractivity contribution is 0.102. The van der Waals surface area contributed by atoms with E-state index in [0.717, 1.165) is 17.8 Å². The van der Waals surface area contributed by atoms with Crippen LogP contribution in [0.5, 0.6) is 0 Å². The third-order valence-corrected chi connectivity index (χ3v) is 3.14. The highest BCUT2D eigenvalue weighted by atomic mass is 16.1. The number of anilines is 2. The molecule has 0 aliphatic carbocycles. The fraction of sp³-hybridized carbons (Fsp3) is 0.333. The van der Waals surface area contributed by atoms with Crippen molar-refractivity contribution in [3.63, 3.8) is 0 Å². The molecular weight excluding hydrogens is 274 g/mol. The molecule has 0 aliphatic rings. The average Bonchev–Trinajstić information content (AvgIpc) is 2.47. The molecule has 0 fully saturated rings. The number of rotatable bonds is 4. The molecule has 2 N–H and O–H groups in total. The highest BCUT2D eigenvalue weighted by molar-refractivity contribution is 6.02. The molecule has 0 saturated carbocycles. The molecule has 1 aromatic carbocycles. The first kappa shape index (κ1) is 16.0. The molecule has 0 bridgehead atoms. The number of amides is 1. The maximum atomic E-state index is 12.2. The van der Waals surface area contributed by atoms with Gasteiger partial charge in [0.1, 0.15) is 5.69 Å². The van der Waals surface area contributed by atoms with E-state index in [0.29, 0.717) is 5.69 Å². The van der Waals surface area contributed by atoms with Crippen LogP contribution >= 0.6 is 0 Å². The lowest BCUT2D eigenvalue weighted by Crippen LogP contribution is -2.26. The number of benzene rings is 1. The predicted molar refractivity (Wildman–Crippen MR) is 91.4 cm³/mol. The van der Waals surface area contributed by atoms with Crippen molar-refractivity contribution in [2.75, 3.05) is 10.6 Å². The lowest BCUT2D eigenvalue weighted by Gasteiger charge is -2.21. The van der Waals surface area contributed by atoms with Gasteiger partial charge in [0.15, 0.2) is 0 Å². The number of aryl methyl sites for hydroxylation is 1. The summed E-state index contributed by atoms with van der Waals surface area (Å²) >= 11 is 0. The van der Waals surface area contributed by atoms with Gasteiger partial charge in [0.2, 0.25) is 0 Å². The summed E-state index contributed by atoms with van der Waals surface area (Å²) in [5, 5.41) is 6.17. The topological polar surface area (TPSA) is 54.0 Å². The van der Waals surface area contributed by atoms with E-state index in [1.165, 1.54) is 5.56 Å². The summed E-state index contributed by atoms with van der Waals surface area (Å²) in [5.74, 6) is -0.202. The quantitative estimate of drug-likeness (QED) is 0.893. The smallest absolute Gasteiger partial charge is 0.274 e. The van der Waals surface area contributed by atoms with Crippen LogP contribution in [0.15, 0.2) is 42.6 Å². The highest BCUT2D eigenvalue weighted by Crippen LogP contribution is 2.15. The zero-order chi connectivity index (χ0) is 16.2. The van der Waals surface area contributed by atoms with Crippen LogP contribution in [0.2, 0.25) is 0 Å². The number of aromatic nitrogens is 1. The minimum atomic E-state index is -0.202. The van der Waals surface area contributed by atoms with Crippen LogP contribution in [0.4, 0.5) is 11.4 Å². The Kier molecular flexibility index (Phi) is 4.81. The Labute approximate surface area is 132 Å². The van der Waals surface area contributed by atoms with E-state index in [1.54, 1.807) is 12.3 Å². The summed E-state index contributed by atoms with van der Waals surface area (Å²) in [7, 11) is 0. The molecule has 0 atom stereocenters. The van der Waals surface area contributed by atoms with Crippen molar-refractivity contribution < 1.29 is 4.79 Å². The summed E-state index contributed by atoms with van der Waals surface area (Å²) in [6, 6.07) is 11.4. The fourth-order valence-electron chi connectivity index (χ4n) is 2.05. The van der Waals surface area contributed by atoms with Crippen LogP contribution in [0.1, 0.15) is 43.7 Å². The Morgan fingerprint density at radius 1 is 1.05 bits per heavy atom. The van der Waals surface area contributed by atoms with Gasteiger partial charge in [-0.05, 0) is 57.0 Å². The molecule has 4 heteroatoms. The van der Waals surface area contributed by atoms with Crippen molar-refractivity contribution >= 4 is 17.3 Å². The normalized spacial score (nSPS) is 11.1. The van der Waals surface area contributed by atoms with E-state index < -0.39 is 0 Å². The maximum Gasteiger partial charge on any atom is 0.274 e. The van der Waals surface area contributed by atoms with Gasteiger partial charge in [-0.3, -0.25) is 4.79 Å². The first-order valence-electron chi connectivity index (χ1n) is 7.52. The third kappa shape index (κ3) is 4.58. The first-order valence-corrected chi connectivity index (χ1v) is 7.52. The van der Waals surface area contributed by atoms with Gasteiger partial charge >= 0.3 is 0 Å². The van der Waals surface area contributed by atoms with Crippen molar-refractivity contribution in [3.8, 4) is 0 Å². The number of carbonyl (C=O) groups excluding carboxylic acids is 1. The molecule has 22 heavy (non-hydrogen) atoms. The Morgan fingerprint density at radius 3 is 2.18 bits per heavy atom. The highest BCUT2D eigenvalue weighted by Gasteiger charge is 2.11. The van der Waals surface area contributed by atoms with Gasteiger partial charge in [-0.2, -0.15) is 0 Å². The average molecular weight is 297 g/mol. The van der Waals surface area contributed by atoms with E-state index >= 15 is 0 Å². The number of hydrogen-bond acceptors (Lipinski definition) is 3. The Hall–Kier alpha value is -2.36. The van der Waals surface area contributed by atoms with Crippen molar-refractivity contribution in [3.05, 3.63) is 53.9 Å². The van der Waals surface area contributed by atoms with Crippen LogP contribution in [0, 0.1) is 0 Å². The van der Waals surface area contributed by atoms with Crippen LogP contribution in [-0.2, 0) is 6.42 Å². The molecule has 0 spiro atoms. The molecule has 1 amide bonds. The SMILES string of the molecule is CCc1ccc(NC(=O)c2ccc(NC(C)(C)C)cn2)cc1. The number of nitrogens with zero attached hydrogens (tertiary/aromatic N) is 1. The Balaban J connectivity index is 2.03. The van der Waals surface area contributed by atoms with Crippen molar-refractivity contribution in [2.24, 2.45) is 0 Å². The van der Waals surface area contributed by atoms with Gasteiger partial charge in [-0.25, -0.2) is 4.98 Å². The second kappa shape index (κ2) is 6.60. The van der Waals surface area contributed by atoms with Gasteiger partial charge in [0, 0.05) is 11.2 Å². The third-order valence-electron chi connectivity index (χ3n) is 3.14. The van der Waals surface area contributed by atoms with E-state index in [4.69, 9.17) is 0 Å². The second-order valence-electron chi connectivity index (χ2n) is 6.31. The van der Waals surface area contributed by atoms with E-state index in [9.17, 15) is 4.79 Å². The Bertz CT molecular complexity index is 625. The molecule has 0 unspecified atom stereocenters. The predicted octanol–water partition coefficient (Wildman–Crippen LogP) is 4.11. The van der Waals surface area contributed by atoms with Crippen LogP contribution in [0.3, 0.4) is 0 Å². The largest absolute Gasteiger partial charge is 0.379 e. The Morgan fingerprint density at radius 2 is 1.68 bits per heavy atom. The van der Waals surface area contributed by atoms with E-state index in [2.05, 4.69) is 43.3 Å². The standard InChI is InChI=1S/C18H23N3O/c1-5-13-6-8-14(9-7-13)20-17(22)16-11-10-15(12-19-16)21-18(2,3)4/h6-12,21H,5H2,1-4H3,(H,20,22). The minimum absolute atomic E-state index is 0.0352. The van der Waals surface area contributed by atoms with Gasteiger partial charge in [0.25, 0.3) is 5.91 Å². The summed E-state index contributed by atoms with van der Waals surface area (Å²) in [5.41, 5.74) is 3.29. The monoisotopic (exact) mass is 297 g/mol. The fourth-order valence-corrected chi connectivity index (χ4v) is 2.05. The molecule has 0 aliphatic heterocycles. The zero-order valence-corrected chi connectivity index (χ0v) is 13.6. The minimum Gasteiger partial charge on any atom is -0.379 e. The van der Waals surface area contributed by atoms with E-state index in [1.807, 2.05) is 30.3 Å². The molecule has 0 saturated heterocycles. The summed E-state index contributed by atoms with van der Waals surface area (Å²) in [6.45, 7) is 8.33. The summed E-state index contributed by atoms with van der Waals surface area (Å²) in [6.07, 6.45) is 2.67. The van der Waals surface area contributed by atoms with Crippen molar-refractivity contribution in [2.45, 2.75) is 39.7 Å².